The molecule has 0 bridgehead atoms. The number of amides is 1. The molecule has 0 saturated heterocycles. The zero-order valence-electron chi connectivity index (χ0n) is 11.0. The van der Waals surface area contributed by atoms with Crippen molar-refractivity contribution >= 4 is 17.3 Å². The molecule has 0 fully saturated rings. The van der Waals surface area contributed by atoms with Gasteiger partial charge in [0, 0.05) is 11.8 Å². The lowest BCUT2D eigenvalue weighted by molar-refractivity contribution is -0.385. The summed E-state index contributed by atoms with van der Waals surface area (Å²) in [5.41, 5.74) is 0.0190. The number of nitrogens with zero attached hydrogens (tertiary/aromatic N) is 1. The van der Waals surface area contributed by atoms with E-state index in [1.54, 1.807) is 6.92 Å². The highest BCUT2D eigenvalue weighted by molar-refractivity contribution is 6.07. The van der Waals surface area contributed by atoms with E-state index in [2.05, 4.69) is 5.32 Å². The zero-order valence-corrected chi connectivity index (χ0v) is 11.0. The predicted molar refractivity (Wildman–Crippen MR) is 73.9 cm³/mol. The van der Waals surface area contributed by atoms with Crippen molar-refractivity contribution in [3.8, 4) is 5.75 Å². The number of halogens is 1. The standard InChI is InChI=1S/C14H11FN2O4/c1-8-6-10(3-5-13(8)18)16-14(19)11-7-9(15)2-4-12(11)17(20)21/h2-7,18H,1H3,(H,16,19). The quantitative estimate of drug-likeness (QED) is 0.516. The van der Waals surface area contributed by atoms with Crippen LogP contribution in [0.1, 0.15) is 15.9 Å². The first-order valence-electron chi connectivity index (χ1n) is 5.93. The molecule has 0 saturated carbocycles. The number of phenolic OH excluding ortho intramolecular Hbond substituents is 1. The van der Waals surface area contributed by atoms with Crippen molar-refractivity contribution in [1.29, 1.82) is 0 Å². The van der Waals surface area contributed by atoms with E-state index in [1.165, 1.54) is 18.2 Å². The Morgan fingerprint density at radius 3 is 2.62 bits per heavy atom. The number of rotatable bonds is 3. The van der Waals surface area contributed by atoms with Gasteiger partial charge < -0.3 is 10.4 Å². The molecule has 0 heterocycles. The van der Waals surface area contributed by atoms with Crippen LogP contribution in [0.4, 0.5) is 15.8 Å². The number of nitro benzene ring substituents is 1. The largest absolute Gasteiger partial charge is 0.508 e. The van der Waals surface area contributed by atoms with Gasteiger partial charge in [-0.25, -0.2) is 4.39 Å². The molecule has 0 unspecified atom stereocenters. The molecule has 6 nitrogen and oxygen atoms in total. The second-order valence-electron chi connectivity index (χ2n) is 4.37. The Morgan fingerprint density at radius 1 is 1.29 bits per heavy atom. The second kappa shape index (κ2) is 5.58. The molecule has 0 aliphatic rings. The maximum absolute atomic E-state index is 13.2. The minimum Gasteiger partial charge on any atom is -0.508 e. The first kappa shape index (κ1) is 14.4. The van der Waals surface area contributed by atoms with Gasteiger partial charge in [0.25, 0.3) is 11.6 Å². The molecular formula is C14H11FN2O4. The number of hydrogen-bond acceptors (Lipinski definition) is 4. The summed E-state index contributed by atoms with van der Waals surface area (Å²) in [6.07, 6.45) is 0. The van der Waals surface area contributed by atoms with Crippen molar-refractivity contribution in [3.05, 3.63) is 63.5 Å². The van der Waals surface area contributed by atoms with E-state index in [4.69, 9.17) is 0 Å². The maximum Gasteiger partial charge on any atom is 0.282 e. The van der Waals surface area contributed by atoms with E-state index < -0.39 is 22.3 Å². The third-order valence-electron chi connectivity index (χ3n) is 2.85. The second-order valence-corrected chi connectivity index (χ2v) is 4.37. The minimum atomic E-state index is -0.800. The van der Waals surface area contributed by atoms with Gasteiger partial charge in [-0.2, -0.15) is 0 Å². The van der Waals surface area contributed by atoms with Gasteiger partial charge in [-0.15, -0.1) is 0 Å². The maximum atomic E-state index is 13.2. The molecule has 21 heavy (non-hydrogen) atoms. The number of carbonyl (C=O) groups is 1. The first-order chi connectivity index (χ1) is 9.88. The fraction of sp³-hybridized carbons (Fsp3) is 0.0714. The van der Waals surface area contributed by atoms with E-state index >= 15 is 0 Å². The number of benzene rings is 2. The average molecular weight is 290 g/mol. The van der Waals surface area contributed by atoms with Crippen LogP contribution in [0.2, 0.25) is 0 Å². The summed E-state index contributed by atoms with van der Waals surface area (Å²) in [5.74, 6) is -1.48. The lowest BCUT2D eigenvalue weighted by Crippen LogP contribution is -2.14. The van der Waals surface area contributed by atoms with E-state index in [-0.39, 0.29) is 11.3 Å². The number of aryl methyl sites for hydroxylation is 1. The summed E-state index contributed by atoms with van der Waals surface area (Å²) >= 11 is 0. The van der Waals surface area contributed by atoms with Crippen molar-refractivity contribution in [3.63, 3.8) is 0 Å². The monoisotopic (exact) mass is 290 g/mol. The highest BCUT2D eigenvalue weighted by Crippen LogP contribution is 2.23. The van der Waals surface area contributed by atoms with Gasteiger partial charge in [0.05, 0.1) is 4.92 Å². The smallest absolute Gasteiger partial charge is 0.282 e. The molecule has 2 rings (SSSR count). The van der Waals surface area contributed by atoms with Crippen LogP contribution in [0.15, 0.2) is 36.4 Å². The number of nitrogens with one attached hydrogen (secondary N) is 1. The normalized spacial score (nSPS) is 10.2. The van der Waals surface area contributed by atoms with Crippen LogP contribution in [0.5, 0.6) is 5.75 Å². The van der Waals surface area contributed by atoms with Crippen LogP contribution in [-0.2, 0) is 0 Å². The highest BCUT2D eigenvalue weighted by atomic mass is 19.1. The predicted octanol–water partition coefficient (Wildman–Crippen LogP) is 3.00. The number of nitro groups is 1. The molecule has 0 atom stereocenters. The van der Waals surface area contributed by atoms with Gasteiger partial charge in [0.2, 0.25) is 0 Å². The van der Waals surface area contributed by atoms with Crippen molar-refractivity contribution < 1.29 is 19.2 Å². The average Bonchev–Trinajstić information content (AvgIpc) is 2.42. The Kier molecular flexibility index (Phi) is 3.84. The van der Waals surface area contributed by atoms with Gasteiger partial charge in [0.1, 0.15) is 17.1 Å². The summed E-state index contributed by atoms with van der Waals surface area (Å²) in [5, 5.41) is 22.7. The van der Waals surface area contributed by atoms with Crippen LogP contribution in [-0.4, -0.2) is 15.9 Å². The van der Waals surface area contributed by atoms with Gasteiger partial charge in [-0.05, 0) is 42.8 Å². The fourth-order valence-electron chi connectivity index (χ4n) is 1.78. The van der Waals surface area contributed by atoms with E-state index in [9.17, 15) is 24.4 Å². The molecule has 0 aromatic heterocycles. The van der Waals surface area contributed by atoms with E-state index in [1.807, 2.05) is 0 Å². The van der Waals surface area contributed by atoms with Crippen LogP contribution < -0.4 is 5.32 Å². The molecule has 0 aliphatic carbocycles. The van der Waals surface area contributed by atoms with E-state index in [0.717, 1.165) is 18.2 Å². The summed E-state index contributed by atoms with van der Waals surface area (Å²) in [6, 6.07) is 6.97. The molecule has 1 amide bonds. The SMILES string of the molecule is Cc1cc(NC(=O)c2cc(F)ccc2[N+](=O)[O-])ccc1O. The molecule has 0 radical (unpaired) electrons. The van der Waals surface area contributed by atoms with Gasteiger partial charge >= 0.3 is 0 Å². The van der Waals surface area contributed by atoms with Gasteiger partial charge in [-0.1, -0.05) is 0 Å². The highest BCUT2D eigenvalue weighted by Gasteiger charge is 2.21. The lowest BCUT2D eigenvalue weighted by atomic mass is 10.1. The third-order valence-corrected chi connectivity index (χ3v) is 2.85. The van der Waals surface area contributed by atoms with Crippen LogP contribution in [0.25, 0.3) is 0 Å². The molecule has 0 aliphatic heterocycles. The Hall–Kier alpha value is -2.96. The summed E-state index contributed by atoms with van der Waals surface area (Å²) < 4.78 is 13.2. The van der Waals surface area contributed by atoms with Crippen molar-refractivity contribution in [2.24, 2.45) is 0 Å². The van der Waals surface area contributed by atoms with Crippen molar-refractivity contribution in [2.45, 2.75) is 6.92 Å². The first-order valence-corrected chi connectivity index (χ1v) is 5.93. The molecular weight excluding hydrogens is 279 g/mol. The topological polar surface area (TPSA) is 92.5 Å². The number of anilines is 1. The molecule has 108 valence electrons. The lowest BCUT2D eigenvalue weighted by Gasteiger charge is -2.07. The number of hydrogen-bond donors (Lipinski definition) is 2. The van der Waals surface area contributed by atoms with Crippen molar-refractivity contribution in [1.82, 2.24) is 0 Å². The van der Waals surface area contributed by atoms with Crippen LogP contribution in [0.3, 0.4) is 0 Å². The Labute approximate surface area is 119 Å². The number of carbonyl (C=O) groups excluding carboxylic acids is 1. The Bertz CT molecular complexity index is 731. The summed E-state index contributed by atoms with van der Waals surface area (Å²) in [7, 11) is 0. The molecule has 2 N–H and O–H groups in total. The van der Waals surface area contributed by atoms with Crippen LogP contribution in [0, 0.1) is 22.9 Å². The third kappa shape index (κ3) is 3.14. The zero-order chi connectivity index (χ0) is 15.6. The van der Waals surface area contributed by atoms with Gasteiger partial charge in [0.15, 0.2) is 0 Å². The van der Waals surface area contributed by atoms with Gasteiger partial charge in [-0.3, -0.25) is 14.9 Å². The Balaban J connectivity index is 2.34. The van der Waals surface area contributed by atoms with Crippen molar-refractivity contribution in [2.75, 3.05) is 5.32 Å². The summed E-state index contributed by atoms with van der Waals surface area (Å²) in [6.45, 7) is 1.63. The number of aromatic hydroxyl groups is 1. The minimum absolute atomic E-state index is 0.0599. The fourth-order valence-corrected chi connectivity index (χ4v) is 1.78. The molecule has 0 spiro atoms. The Morgan fingerprint density at radius 2 is 2.00 bits per heavy atom. The van der Waals surface area contributed by atoms with Crippen LogP contribution >= 0.6 is 0 Å². The number of phenols is 1. The summed E-state index contributed by atoms with van der Waals surface area (Å²) in [4.78, 5) is 22.1. The molecule has 2 aromatic rings. The molecule has 7 heteroatoms. The molecule has 2 aromatic carbocycles. The van der Waals surface area contributed by atoms with E-state index in [0.29, 0.717) is 11.3 Å².